The van der Waals surface area contributed by atoms with E-state index in [1.807, 2.05) is 37.3 Å². The molecule has 0 bridgehead atoms. The van der Waals surface area contributed by atoms with Gasteiger partial charge in [-0.05, 0) is 42.3 Å². The molecule has 0 fully saturated rings. The van der Waals surface area contributed by atoms with Crippen LogP contribution in [0.3, 0.4) is 0 Å². The third-order valence-corrected chi connectivity index (χ3v) is 3.17. The molecular weight excluding hydrogens is 269 g/mol. The van der Waals surface area contributed by atoms with Crippen molar-refractivity contribution in [2.45, 2.75) is 13.3 Å². The number of hydrogen-bond donors (Lipinski definition) is 1. The Labute approximate surface area is 121 Å². The number of para-hydroxylation sites is 1. The van der Waals surface area contributed by atoms with E-state index in [4.69, 9.17) is 10.3 Å². The van der Waals surface area contributed by atoms with E-state index in [-0.39, 0.29) is 5.82 Å². The number of hydrogen-bond acceptors (Lipinski definition) is 4. The predicted octanol–water partition coefficient (Wildman–Crippen LogP) is 3.36. The number of aromatic nitrogens is 2. The van der Waals surface area contributed by atoms with Gasteiger partial charge >= 0.3 is 0 Å². The number of nitrogens with two attached hydrogens (primary N) is 1. The molecule has 2 aromatic carbocycles. The number of benzene rings is 2. The Morgan fingerprint density at radius 2 is 2.00 bits per heavy atom. The van der Waals surface area contributed by atoms with Crippen LogP contribution in [0.15, 0.2) is 47.0 Å². The molecule has 0 unspecified atom stereocenters. The predicted molar refractivity (Wildman–Crippen MR) is 78.1 cm³/mol. The lowest BCUT2D eigenvalue weighted by Gasteiger charge is -2.00. The highest BCUT2D eigenvalue weighted by Gasteiger charge is 2.11. The molecule has 5 heteroatoms. The van der Waals surface area contributed by atoms with Crippen molar-refractivity contribution >= 4 is 5.69 Å². The van der Waals surface area contributed by atoms with E-state index in [0.29, 0.717) is 29.4 Å². The summed E-state index contributed by atoms with van der Waals surface area (Å²) < 4.78 is 18.6. The van der Waals surface area contributed by atoms with Crippen molar-refractivity contribution in [3.05, 3.63) is 65.3 Å². The summed E-state index contributed by atoms with van der Waals surface area (Å²) in [6.45, 7) is 1.82. The average Bonchev–Trinajstić information content (AvgIpc) is 2.89. The molecule has 0 saturated heterocycles. The zero-order valence-corrected chi connectivity index (χ0v) is 11.5. The van der Waals surface area contributed by atoms with Crippen molar-refractivity contribution in [2.75, 3.05) is 5.73 Å². The molecular formula is C16H14FN3O. The number of nitrogens with zero attached hydrogens (tertiary/aromatic N) is 2. The fourth-order valence-electron chi connectivity index (χ4n) is 2.17. The maximum Gasteiger partial charge on any atom is 0.231 e. The van der Waals surface area contributed by atoms with Crippen molar-refractivity contribution in [1.29, 1.82) is 0 Å². The highest BCUT2D eigenvalue weighted by molar-refractivity contribution is 5.56. The van der Waals surface area contributed by atoms with Crippen LogP contribution in [-0.4, -0.2) is 10.1 Å². The smallest absolute Gasteiger partial charge is 0.231 e. The number of aryl methyl sites for hydroxylation is 1. The van der Waals surface area contributed by atoms with Gasteiger partial charge in [0.25, 0.3) is 0 Å². The first-order chi connectivity index (χ1) is 10.1. The quantitative estimate of drug-likeness (QED) is 0.748. The van der Waals surface area contributed by atoms with Crippen molar-refractivity contribution < 1.29 is 8.91 Å². The Kier molecular flexibility index (Phi) is 3.39. The van der Waals surface area contributed by atoms with Crippen molar-refractivity contribution in [2.24, 2.45) is 0 Å². The summed E-state index contributed by atoms with van der Waals surface area (Å²) >= 11 is 0. The molecule has 0 atom stereocenters. The second-order valence-electron chi connectivity index (χ2n) is 4.90. The fraction of sp³-hybridized carbons (Fsp3) is 0.125. The highest BCUT2D eigenvalue weighted by Crippen LogP contribution is 2.21. The molecule has 1 heterocycles. The summed E-state index contributed by atoms with van der Waals surface area (Å²) in [5.41, 5.74) is 8.90. The van der Waals surface area contributed by atoms with Gasteiger partial charge in [0, 0.05) is 11.3 Å². The minimum Gasteiger partial charge on any atom is -0.398 e. The van der Waals surface area contributed by atoms with E-state index in [1.165, 1.54) is 12.1 Å². The number of anilines is 1. The molecule has 0 aliphatic heterocycles. The van der Waals surface area contributed by atoms with Gasteiger partial charge in [0.2, 0.25) is 11.7 Å². The van der Waals surface area contributed by atoms with Crippen LogP contribution in [0, 0.1) is 12.7 Å². The van der Waals surface area contributed by atoms with Gasteiger partial charge in [-0.3, -0.25) is 0 Å². The number of nitrogen functional groups attached to an aromatic ring is 1. The fourth-order valence-corrected chi connectivity index (χ4v) is 2.17. The zero-order valence-electron chi connectivity index (χ0n) is 11.5. The molecule has 3 aromatic rings. The Morgan fingerprint density at radius 1 is 1.19 bits per heavy atom. The molecule has 0 saturated carbocycles. The van der Waals surface area contributed by atoms with Gasteiger partial charge in [-0.25, -0.2) is 4.39 Å². The van der Waals surface area contributed by atoms with E-state index in [2.05, 4.69) is 10.1 Å². The van der Waals surface area contributed by atoms with E-state index in [9.17, 15) is 4.39 Å². The summed E-state index contributed by atoms with van der Waals surface area (Å²) in [7, 11) is 0. The highest BCUT2D eigenvalue weighted by atomic mass is 19.1. The molecule has 0 spiro atoms. The molecule has 4 nitrogen and oxygen atoms in total. The Morgan fingerprint density at radius 3 is 2.76 bits per heavy atom. The topological polar surface area (TPSA) is 64.9 Å². The van der Waals surface area contributed by atoms with Crippen molar-refractivity contribution in [3.8, 4) is 11.4 Å². The largest absolute Gasteiger partial charge is 0.398 e. The lowest BCUT2D eigenvalue weighted by atomic mass is 10.1. The monoisotopic (exact) mass is 283 g/mol. The zero-order chi connectivity index (χ0) is 14.8. The van der Waals surface area contributed by atoms with Gasteiger partial charge in [0.15, 0.2) is 0 Å². The third kappa shape index (κ3) is 2.91. The second kappa shape index (κ2) is 5.36. The molecule has 106 valence electrons. The molecule has 0 amide bonds. The van der Waals surface area contributed by atoms with Gasteiger partial charge in [0.1, 0.15) is 5.82 Å². The molecule has 0 radical (unpaired) electrons. The maximum atomic E-state index is 13.4. The first-order valence-corrected chi connectivity index (χ1v) is 6.55. The van der Waals surface area contributed by atoms with Crippen LogP contribution in [-0.2, 0) is 6.42 Å². The Bertz CT molecular complexity index is 762. The van der Waals surface area contributed by atoms with E-state index < -0.39 is 0 Å². The van der Waals surface area contributed by atoms with Gasteiger partial charge in [-0.15, -0.1) is 0 Å². The SMILES string of the molecule is Cc1cc(F)cc(-c2noc(Cc3ccccc3N)n2)c1. The molecule has 0 aliphatic carbocycles. The molecule has 1 aromatic heterocycles. The average molecular weight is 283 g/mol. The summed E-state index contributed by atoms with van der Waals surface area (Å²) in [5.74, 6) is 0.510. The molecule has 2 N–H and O–H groups in total. The second-order valence-corrected chi connectivity index (χ2v) is 4.90. The van der Waals surface area contributed by atoms with Crippen LogP contribution in [0.25, 0.3) is 11.4 Å². The first kappa shape index (κ1) is 13.3. The van der Waals surface area contributed by atoms with Crippen molar-refractivity contribution in [1.82, 2.24) is 10.1 Å². The van der Waals surface area contributed by atoms with Crippen LogP contribution in [0.2, 0.25) is 0 Å². The van der Waals surface area contributed by atoms with Crippen LogP contribution >= 0.6 is 0 Å². The Balaban J connectivity index is 1.88. The van der Waals surface area contributed by atoms with E-state index >= 15 is 0 Å². The molecule has 21 heavy (non-hydrogen) atoms. The normalized spacial score (nSPS) is 10.8. The van der Waals surface area contributed by atoms with Crippen LogP contribution in [0.4, 0.5) is 10.1 Å². The van der Waals surface area contributed by atoms with Crippen LogP contribution in [0.5, 0.6) is 0 Å². The molecule has 3 rings (SSSR count). The lowest BCUT2D eigenvalue weighted by molar-refractivity contribution is 0.386. The van der Waals surface area contributed by atoms with Crippen molar-refractivity contribution in [3.63, 3.8) is 0 Å². The number of rotatable bonds is 3. The molecule has 0 aliphatic rings. The maximum absolute atomic E-state index is 13.4. The van der Waals surface area contributed by atoms with Gasteiger partial charge in [-0.2, -0.15) is 4.98 Å². The van der Waals surface area contributed by atoms with E-state index in [1.54, 1.807) is 0 Å². The first-order valence-electron chi connectivity index (χ1n) is 6.55. The minimum atomic E-state index is -0.316. The van der Waals surface area contributed by atoms with Crippen LogP contribution < -0.4 is 5.73 Å². The third-order valence-electron chi connectivity index (χ3n) is 3.17. The summed E-state index contributed by atoms with van der Waals surface area (Å²) in [6.07, 6.45) is 0.452. The Hall–Kier alpha value is -2.69. The minimum absolute atomic E-state index is 0.316. The standard InChI is InChI=1S/C16H14FN3O/c1-10-6-12(8-13(17)7-10)16-19-15(21-20-16)9-11-4-2-3-5-14(11)18/h2-8H,9,18H2,1H3. The van der Waals surface area contributed by atoms with Gasteiger partial charge < -0.3 is 10.3 Å². The summed E-state index contributed by atoms with van der Waals surface area (Å²) in [6, 6.07) is 12.2. The van der Waals surface area contributed by atoms with Gasteiger partial charge in [0.05, 0.1) is 6.42 Å². The summed E-state index contributed by atoms with van der Waals surface area (Å²) in [4.78, 5) is 4.30. The van der Waals surface area contributed by atoms with Crippen LogP contribution in [0.1, 0.15) is 17.0 Å². The lowest BCUT2D eigenvalue weighted by Crippen LogP contribution is -1.95. The summed E-state index contributed by atoms with van der Waals surface area (Å²) in [5, 5.41) is 3.90. The van der Waals surface area contributed by atoms with Gasteiger partial charge in [-0.1, -0.05) is 23.4 Å². The van der Waals surface area contributed by atoms with E-state index in [0.717, 1.165) is 11.1 Å². The number of halogens is 1.